The molecule has 1 fully saturated rings. The van der Waals surface area contributed by atoms with Crippen molar-refractivity contribution in [2.45, 2.75) is 69.9 Å². The molecular weight excluding hydrogens is 610 g/mol. The second-order valence-corrected chi connectivity index (χ2v) is 12.7. The number of carbonyl (C=O) groups excluding carboxylic acids is 1. The zero-order valence-electron chi connectivity index (χ0n) is 28.5. The van der Waals surface area contributed by atoms with Gasteiger partial charge in [-0.15, -0.1) is 0 Å². The maximum absolute atomic E-state index is 13.0. The van der Waals surface area contributed by atoms with Crippen molar-refractivity contribution < 1.29 is 28.8 Å². The van der Waals surface area contributed by atoms with Gasteiger partial charge in [0, 0.05) is 40.9 Å². The molecule has 0 aliphatic carbocycles. The Bertz CT molecular complexity index is 1650. The summed E-state index contributed by atoms with van der Waals surface area (Å²) in [6, 6.07) is 1.96. The standard InChI is InChI=1S/C37H47N5O6/c1-9-12-46-34-21(5)35(47-13-10-2)36(48-14-11-3)30-24(34)17-26-31-29-23(15-20(4)33(45-8)32(29)43)16-25(41(31)7)27(18-38)42(26)28(30)19-40-37(44)22(6)39/h9-11,15,22,25-28,31,43H,1-3,12-14,16-17,19,39H2,4-8H3,(H,40,44)/t22-,25-,26-,27-,28-,31-/m0/s1. The molecule has 256 valence electrons. The number of nitrogens with zero attached hydrogens (tertiary/aromatic N) is 3. The van der Waals surface area contributed by atoms with Gasteiger partial charge in [0.1, 0.15) is 31.6 Å². The normalized spacial score (nSPS) is 23.3. The van der Waals surface area contributed by atoms with Crippen LogP contribution in [0.1, 0.15) is 52.4 Å². The highest BCUT2D eigenvalue weighted by atomic mass is 16.5. The summed E-state index contributed by atoms with van der Waals surface area (Å²) in [7, 11) is 3.57. The van der Waals surface area contributed by atoms with Gasteiger partial charge in [-0.25, -0.2) is 0 Å². The minimum absolute atomic E-state index is 0.105. The van der Waals surface area contributed by atoms with Crippen LogP contribution >= 0.6 is 0 Å². The molecule has 4 N–H and O–H groups in total. The number of hydrogen-bond donors (Lipinski definition) is 3. The zero-order valence-corrected chi connectivity index (χ0v) is 28.5. The average Bonchev–Trinajstić information content (AvgIpc) is 3.05. The molecule has 0 spiro atoms. The first kappa shape index (κ1) is 34.8. The van der Waals surface area contributed by atoms with Crippen molar-refractivity contribution in [3.05, 3.63) is 77.4 Å². The van der Waals surface area contributed by atoms with Gasteiger partial charge in [-0.3, -0.25) is 14.6 Å². The molecular formula is C37H47N5O6. The summed E-state index contributed by atoms with van der Waals surface area (Å²) in [5, 5.41) is 25.7. The minimum atomic E-state index is -0.741. The summed E-state index contributed by atoms with van der Waals surface area (Å²) in [5.74, 6) is 1.82. The number of carbonyl (C=O) groups is 1. The predicted molar refractivity (Wildman–Crippen MR) is 184 cm³/mol. The van der Waals surface area contributed by atoms with Gasteiger partial charge in [0.2, 0.25) is 5.91 Å². The Morgan fingerprint density at radius 2 is 1.69 bits per heavy atom. The lowest BCUT2D eigenvalue weighted by atomic mass is 9.71. The maximum Gasteiger partial charge on any atom is 0.236 e. The number of rotatable bonds is 13. The van der Waals surface area contributed by atoms with Gasteiger partial charge in [0.05, 0.1) is 31.3 Å². The molecule has 2 bridgehead atoms. The number of likely N-dealkylation sites (N-methyl/N-ethyl adjacent to an activating group) is 1. The van der Waals surface area contributed by atoms with E-state index in [9.17, 15) is 15.2 Å². The highest BCUT2D eigenvalue weighted by Gasteiger charge is 2.56. The number of methoxy groups -OCH3 is 1. The van der Waals surface area contributed by atoms with Crippen LogP contribution in [0, 0.1) is 25.2 Å². The van der Waals surface area contributed by atoms with Crippen LogP contribution in [0.15, 0.2) is 44.0 Å². The smallest absolute Gasteiger partial charge is 0.236 e. The van der Waals surface area contributed by atoms with Crippen LogP contribution in [-0.2, 0) is 17.6 Å². The van der Waals surface area contributed by atoms with E-state index < -0.39 is 18.1 Å². The summed E-state index contributed by atoms with van der Waals surface area (Å²) >= 11 is 0. The quantitative estimate of drug-likeness (QED) is 0.271. The molecule has 3 aliphatic rings. The van der Waals surface area contributed by atoms with Crippen LogP contribution in [0.25, 0.3) is 0 Å². The molecule has 3 heterocycles. The Kier molecular flexibility index (Phi) is 10.4. The van der Waals surface area contributed by atoms with Crippen LogP contribution in [-0.4, -0.2) is 85.5 Å². The Labute approximate surface area is 283 Å². The molecule has 11 nitrogen and oxygen atoms in total. The van der Waals surface area contributed by atoms with Crippen molar-refractivity contribution in [1.82, 2.24) is 15.1 Å². The van der Waals surface area contributed by atoms with Crippen molar-refractivity contribution in [3.8, 4) is 34.8 Å². The summed E-state index contributed by atoms with van der Waals surface area (Å²) in [6.45, 7) is 17.8. The molecule has 0 aromatic heterocycles. The third-order valence-electron chi connectivity index (χ3n) is 9.78. The number of aromatic hydroxyl groups is 1. The lowest BCUT2D eigenvalue weighted by Crippen LogP contribution is -2.69. The van der Waals surface area contributed by atoms with Crippen molar-refractivity contribution >= 4 is 5.91 Å². The van der Waals surface area contributed by atoms with E-state index in [0.29, 0.717) is 35.8 Å². The molecule has 6 atom stereocenters. The molecule has 0 radical (unpaired) electrons. The number of nitrogens with one attached hydrogen (secondary N) is 1. The summed E-state index contributed by atoms with van der Waals surface area (Å²) in [4.78, 5) is 17.4. The topological polar surface area (TPSA) is 143 Å². The molecule has 0 unspecified atom stereocenters. The van der Waals surface area contributed by atoms with Crippen molar-refractivity contribution in [1.29, 1.82) is 5.26 Å². The number of nitriles is 1. The maximum atomic E-state index is 13.0. The number of nitrogens with two attached hydrogens (primary N) is 1. The second-order valence-electron chi connectivity index (χ2n) is 12.7. The van der Waals surface area contributed by atoms with Crippen LogP contribution in [0.4, 0.5) is 0 Å². The molecule has 3 aliphatic heterocycles. The fraction of sp³-hybridized carbons (Fsp3) is 0.459. The number of piperazine rings is 1. The number of phenolic OH excluding ortho intramolecular Hbond substituents is 1. The molecule has 5 rings (SSSR count). The number of aryl methyl sites for hydroxylation is 1. The first-order chi connectivity index (χ1) is 23.1. The lowest BCUT2D eigenvalue weighted by molar-refractivity contribution is -0.123. The van der Waals surface area contributed by atoms with Crippen molar-refractivity contribution in [2.24, 2.45) is 5.73 Å². The third-order valence-corrected chi connectivity index (χ3v) is 9.78. The number of amides is 1. The average molecular weight is 658 g/mol. The van der Waals surface area contributed by atoms with E-state index in [1.165, 1.54) is 0 Å². The molecule has 1 amide bonds. The van der Waals surface area contributed by atoms with Crippen LogP contribution < -0.4 is 30.0 Å². The lowest BCUT2D eigenvalue weighted by Gasteiger charge is -2.60. The molecule has 0 saturated carbocycles. The van der Waals surface area contributed by atoms with E-state index in [-0.39, 0.29) is 56.1 Å². The first-order valence-corrected chi connectivity index (χ1v) is 16.3. The second kappa shape index (κ2) is 14.3. The van der Waals surface area contributed by atoms with E-state index in [4.69, 9.17) is 24.7 Å². The van der Waals surface area contributed by atoms with E-state index in [2.05, 4.69) is 47.0 Å². The van der Waals surface area contributed by atoms with Gasteiger partial charge >= 0.3 is 0 Å². The summed E-state index contributed by atoms with van der Waals surface area (Å²) < 4.78 is 24.8. The Balaban J connectivity index is 1.83. The molecule has 11 heteroatoms. The zero-order chi connectivity index (χ0) is 34.9. The van der Waals surface area contributed by atoms with E-state index >= 15 is 0 Å². The van der Waals surface area contributed by atoms with Crippen molar-refractivity contribution in [2.75, 3.05) is 40.5 Å². The van der Waals surface area contributed by atoms with Crippen molar-refractivity contribution in [3.63, 3.8) is 0 Å². The van der Waals surface area contributed by atoms with E-state index in [1.54, 1.807) is 32.3 Å². The van der Waals surface area contributed by atoms with Gasteiger partial charge in [-0.1, -0.05) is 44.0 Å². The van der Waals surface area contributed by atoms with Crippen LogP contribution in [0.3, 0.4) is 0 Å². The number of benzene rings is 2. The molecule has 48 heavy (non-hydrogen) atoms. The fourth-order valence-corrected chi connectivity index (χ4v) is 7.86. The monoisotopic (exact) mass is 657 g/mol. The number of hydrogen-bond acceptors (Lipinski definition) is 10. The van der Waals surface area contributed by atoms with Gasteiger partial charge < -0.3 is 35.1 Å². The fourth-order valence-electron chi connectivity index (χ4n) is 7.86. The third kappa shape index (κ3) is 5.78. The summed E-state index contributed by atoms with van der Waals surface area (Å²) in [6.07, 6.45) is 5.99. The molecule has 1 saturated heterocycles. The number of phenols is 1. The minimum Gasteiger partial charge on any atom is -0.504 e. The first-order valence-electron chi connectivity index (χ1n) is 16.3. The molecule has 2 aromatic rings. The predicted octanol–water partition coefficient (Wildman–Crippen LogP) is 3.95. The van der Waals surface area contributed by atoms with E-state index in [0.717, 1.165) is 33.4 Å². The highest BCUT2D eigenvalue weighted by Crippen LogP contribution is 2.57. The molecule has 2 aromatic carbocycles. The largest absolute Gasteiger partial charge is 0.504 e. The van der Waals surface area contributed by atoms with E-state index in [1.807, 2.05) is 20.9 Å². The Morgan fingerprint density at radius 1 is 1.06 bits per heavy atom. The number of ether oxygens (including phenoxy) is 4. The van der Waals surface area contributed by atoms with Crippen LogP contribution in [0.5, 0.6) is 28.7 Å². The Morgan fingerprint density at radius 3 is 2.27 bits per heavy atom. The number of fused-ring (bicyclic) bond motifs is 7. The summed E-state index contributed by atoms with van der Waals surface area (Å²) in [5.41, 5.74) is 11.0. The van der Waals surface area contributed by atoms with Gasteiger partial charge in [0.25, 0.3) is 0 Å². The van der Waals surface area contributed by atoms with Gasteiger partial charge in [-0.05, 0) is 51.8 Å². The van der Waals surface area contributed by atoms with Crippen LogP contribution in [0.2, 0.25) is 0 Å². The Hall–Kier alpha value is -4.50. The van der Waals surface area contributed by atoms with Gasteiger partial charge in [0.15, 0.2) is 23.0 Å². The SMILES string of the molecule is C=CCOc1c(C)c(OCC=C)c(OCC=C)c2c1C[C@H]1[C@H]3c4c(cc(C)c(OC)c4O)C[C@@H]([C@H](C#N)N1[C@H]2CNC(=O)[C@H](C)N)N3C. The van der Waals surface area contributed by atoms with Gasteiger partial charge in [-0.2, -0.15) is 5.26 Å². The highest BCUT2D eigenvalue weighted by molar-refractivity contribution is 5.81.